The van der Waals surface area contributed by atoms with Crippen molar-refractivity contribution >= 4 is 221 Å². The van der Waals surface area contributed by atoms with Crippen LogP contribution in [-0.2, 0) is 45.2 Å². The predicted octanol–water partition coefficient (Wildman–Crippen LogP) is 6.56. The van der Waals surface area contributed by atoms with E-state index in [2.05, 4.69) is 0 Å². The zero-order chi connectivity index (χ0) is 71.6. The largest absolute Gasteiger partial charge is 2.00 e. The number of benzene rings is 8. The summed E-state index contributed by atoms with van der Waals surface area (Å²) in [5, 5.41) is 0.458. The van der Waals surface area contributed by atoms with E-state index in [4.69, 9.17) is 152 Å². The Kier molecular flexibility index (Phi) is 19.3. The maximum atomic E-state index is 6.90. The van der Waals surface area contributed by atoms with Crippen LogP contribution in [0.1, 0.15) is 22.3 Å². The van der Waals surface area contributed by atoms with Crippen molar-refractivity contribution in [2.45, 2.75) is 69.4 Å². The van der Waals surface area contributed by atoms with E-state index in [0.717, 1.165) is 22.3 Å². The van der Waals surface area contributed by atoms with Gasteiger partial charge in [0.15, 0.2) is 0 Å². The van der Waals surface area contributed by atoms with Gasteiger partial charge in [-0.25, -0.2) is 9.97 Å². The Morgan fingerprint density at radius 3 is 0.886 bits per heavy atom. The zero-order valence-corrected chi connectivity index (χ0v) is 60.0. The van der Waals surface area contributed by atoms with Gasteiger partial charge in [0.25, 0.3) is 0 Å². The molecule has 8 bridgehead atoms. The van der Waals surface area contributed by atoms with Crippen molar-refractivity contribution in [1.29, 1.82) is 0 Å². The fourth-order valence-corrected chi connectivity index (χ4v) is 16.0. The van der Waals surface area contributed by atoms with Crippen molar-refractivity contribution in [3.8, 4) is 91.5 Å². The van der Waals surface area contributed by atoms with E-state index >= 15 is 0 Å². The maximum Gasteiger partial charge on any atom is 2.00 e. The van der Waals surface area contributed by atoms with Gasteiger partial charge in [-0.15, -0.1) is 43.7 Å². The van der Waals surface area contributed by atoms with Crippen molar-refractivity contribution in [3.05, 3.63) is 192 Å². The number of hydrogen-bond donors (Lipinski definition) is 0. The van der Waals surface area contributed by atoms with Gasteiger partial charge in [-0.2, -0.15) is 0 Å². The molecule has 32 radical (unpaired) electrons. The molecule has 37 heteroatoms. The quantitative estimate of drug-likeness (QED) is 0.0605. The third-order valence-corrected chi connectivity index (χ3v) is 22.4. The SMILES string of the molecule is [B][10B]C1[10B]([B])C1([10B][B])Cc1ccc(Oc2cccc3c2-c2nc-3nc3[n-]c(nc4nc(nc5[n-]c(n2)c2cccc(Oc6ccc(CC7([10B][B])[10B]([B])C7[10B][B])cc6)c52)-c2cccc(Oc5ccc(CC6([10B][B])[10B]([B])C6[10B][B])cc5)c2-4)c2c(Oc4ccc(CC5([10B][B])[10B]([B])C5[10B][B])cc4)cccc32)cc1.[Zn+2]. The first-order chi connectivity index (χ1) is 50.6. The molecule has 0 amide bonds. The Labute approximate surface area is 647 Å². The first kappa shape index (κ1) is 71.7. The van der Waals surface area contributed by atoms with E-state index in [9.17, 15) is 0 Å². The smallest absolute Gasteiger partial charge is 0.457 e. The minimum absolute atomic E-state index is 0. The van der Waals surface area contributed by atoms with Crippen molar-refractivity contribution in [2.75, 3.05) is 0 Å². The summed E-state index contributed by atoms with van der Waals surface area (Å²) in [6, 6.07) is 53.9. The van der Waals surface area contributed by atoms with Crippen molar-refractivity contribution in [3.63, 3.8) is 0 Å². The van der Waals surface area contributed by atoms with Gasteiger partial charge in [-0.3, -0.25) is 0 Å². The normalized spacial score (nSPS) is 21.9. The molecule has 9 heterocycles. The van der Waals surface area contributed by atoms with E-state index in [0.29, 0.717) is 115 Å². The van der Waals surface area contributed by atoms with Crippen LogP contribution in [0.15, 0.2) is 170 Å². The third-order valence-electron chi connectivity index (χ3n) is 22.4. The van der Waals surface area contributed by atoms with E-state index in [1.165, 1.54) is 0 Å². The average Bonchev–Trinajstić information content (AvgIpc) is 1.59. The summed E-state index contributed by atoms with van der Waals surface area (Å²) in [4.78, 5) is 42.8. The first-order valence-electron chi connectivity index (χ1n) is 34.4. The van der Waals surface area contributed by atoms with Crippen LogP contribution in [0.3, 0.4) is 0 Å². The molecule has 8 aromatic carbocycles. The molecular weight excluding hydrogens is 1310 g/mol. The number of fused-ring (bicyclic) bond motifs is 20. The topological polar surface area (TPSA) is 142 Å². The number of aromatic nitrogens is 8. The molecule has 8 atom stereocenters. The van der Waals surface area contributed by atoms with Crippen LogP contribution in [0.5, 0.6) is 46.0 Å². The molecule has 11 aromatic rings. The van der Waals surface area contributed by atoms with Crippen LogP contribution in [-0.4, -0.2) is 207 Å². The molecule has 0 N–H and O–H groups in total. The second-order valence-electron chi connectivity index (χ2n) is 28.0. The van der Waals surface area contributed by atoms with Crippen LogP contribution in [0.2, 0.25) is 43.7 Å². The molecule has 3 aromatic heterocycles. The van der Waals surface area contributed by atoms with Gasteiger partial charge in [-0.1, -0.05) is 97.1 Å². The Bertz CT molecular complexity index is 5380. The fourth-order valence-electron chi connectivity index (χ4n) is 16.0. The van der Waals surface area contributed by atoms with Gasteiger partial charge in [0, 0.05) is 166 Å². The van der Waals surface area contributed by atoms with Crippen LogP contribution < -0.4 is 28.9 Å². The number of ether oxygens (including phenoxy) is 4. The van der Waals surface area contributed by atoms with Crippen LogP contribution >= 0.6 is 0 Å². The van der Waals surface area contributed by atoms with Gasteiger partial charge in [0.05, 0.1) is 89.5 Å². The molecule has 17 rings (SSSR count). The monoisotopic (exact) mass is 1350 g/mol. The molecule has 12 nitrogen and oxygen atoms in total. The Balaban J connectivity index is 0.00000847. The summed E-state index contributed by atoms with van der Waals surface area (Å²) in [5.41, 5.74) is 7.14. The summed E-state index contributed by atoms with van der Waals surface area (Å²) in [6.45, 7) is -0.752. The fraction of sp³-hybridized carbons (Fsp3) is 0.176. The van der Waals surface area contributed by atoms with Crippen molar-refractivity contribution < 1.29 is 38.4 Å². The minimum Gasteiger partial charge on any atom is -0.457 e. The summed E-state index contributed by atoms with van der Waals surface area (Å²) in [5.74, 6) is 4.92. The zero-order valence-electron chi connectivity index (χ0n) is 57.1. The first-order valence-corrected chi connectivity index (χ1v) is 34.4. The predicted molar refractivity (Wildman–Crippen MR) is 439 cm³/mol. The third kappa shape index (κ3) is 12.3. The molecule has 4 saturated heterocycles. The van der Waals surface area contributed by atoms with Crippen molar-refractivity contribution in [2.24, 2.45) is 0 Å². The second kappa shape index (κ2) is 28.3. The van der Waals surface area contributed by atoms with E-state index in [1.54, 1.807) is 57.4 Å². The second-order valence-corrected chi connectivity index (χ2v) is 28.0. The van der Waals surface area contributed by atoms with Crippen molar-refractivity contribution in [1.82, 2.24) is 39.9 Å². The van der Waals surface area contributed by atoms with Gasteiger partial charge in [0.1, 0.15) is 46.0 Å². The summed E-state index contributed by atoms with van der Waals surface area (Å²) in [6.07, 6.45) is 2.37. The Morgan fingerprint density at radius 1 is 0.324 bits per heavy atom. The molecule has 0 aliphatic carbocycles. The van der Waals surface area contributed by atoms with Crippen LogP contribution in [0, 0.1) is 0 Å². The molecule has 6 aliphatic rings. The van der Waals surface area contributed by atoms with Gasteiger partial charge < -0.3 is 48.9 Å². The molecule has 8 unspecified atom stereocenters. The van der Waals surface area contributed by atoms with E-state index in [-0.39, 0.29) is 115 Å². The van der Waals surface area contributed by atoms with Crippen LogP contribution in [0.4, 0.5) is 0 Å². The standard InChI is InChI=1S/C68H40B24N8O4.Zn/c69-81-61-65(85-73,89(61)77)29-33-13-21-37(22-14-33)101-45-9-1-5-41-49(45)57-94-53(41)93-54-42-6-2-11-47(103-39-25-17-35(18-26-39)31-67(87-75)63(83-71)91(67)79)51(42)59(95-54)100-60-52-44(8-4-12-48(52)104-40-27-19-36(20-28-40)32-68(88-76)64(84-72)92(68)80)56(99-60)98-58-50-43(55(96-57)97-58)7-3-10-46(50)102-38-23-15-34(16-24-38)30-66(86-74)62(82-70)90(66)78;/h1-28,61-64H,29-32H2;/q-2;+2/i81-1,82-1,83-1,84-1,85-1,86-1,87-1,88-1,89-1,90-1,91-1,92-1;. The number of rotatable bonds is 24. The molecule has 0 saturated carbocycles. The molecule has 6 aliphatic heterocycles. The number of nitrogens with zero attached hydrogens (tertiary/aromatic N) is 8. The Hall–Kier alpha value is -7.50. The molecule has 105 heavy (non-hydrogen) atoms. The van der Waals surface area contributed by atoms with Crippen LogP contribution in [0.25, 0.3) is 89.7 Å². The minimum atomic E-state index is -0.452. The molecule has 4 fully saturated rings. The van der Waals surface area contributed by atoms with Gasteiger partial charge >= 0.3 is 19.5 Å². The molecule has 450 valence electrons. The average molecular weight is 1350 g/mol. The summed E-state index contributed by atoms with van der Waals surface area (Å²) >= 11 is 0. The van der Waals surface area contributed by atoms with E-state index < -0.39 is 20.9 Å². The van der Waals surface area contributed by atoms with Gasteiger partial charge in [-0.05, 0) is 132 Å². The molecule has 0 spiro atoms. The molecular formula is C68H40B24N8O4Zn. The Morgan fingerprint density at radius 2 is 0.590 bits per heavy atom. The van der Waals surface area contributed by atoms with E-state index in [1.807, 2.05) is 170 Å². The van der Waals surface area contributed by atoms with Gasteiger partial charge in [0.2, 0.25) is 0 Å². The summed E-state index contributed by atoms with van der Waals surface area (Å²) in [7, 11) is 87.9. The summed E-state index contributed by atoms with van der Waals surface area (Å²) < 4.78 is 27.6. The maximum absolute atomic E-state index is 6.90. The number of hydrogen-bond acceptors (Lipinski definition) is 10.